The van der Waals surface area contributed by atoms with Gasteiger partial charge in [-0.25, -0.2) is 4.79 Å². The summed E-state index contributed by atoms with van der Waals surface area (Å²) >= 11 is 0. The number of rotatable bonds is 7. The van der Waals surface area contributed by atoms with Crippen molar-refractivity contribution in [3.05, 3.63) is 18.2 Å². The highest BCUT2D eigenvalue weighted by Gasteiger charge is 2.24. The van der Waals surface area contributed by atoms with Crippen molar-refractivity contribution in [3.63, 3.8) is 0 Å². The molecule has 1 saturated heterocycles. The molecule has 1 aromatic rings. The highest BCUT2D eigenvalue weighted by atomic mass is 16.5. The molecule has 2 aliphatic rings. The Hall–Kier alpha value is -2.28. The lowest BCUT2D eigenvalue weighted by Crippen LogP contribution is -2.38. The van der Waals surface area contributed by atoms with E-state index in [2.05, 4.69) is 10.6 Å². The first kappa shape index (κ1) is 18.5. The molecule has 0 bridgehead atoms. The molecule has 7 heteroatoms. The van der Waals surface area contributed by atoms with E-state index in [0.29, 0.717) is 30.6 Å². The summed E-state index contributed by atoms with van der Waals surface area (Å²) in [5, 5.41) is 5.68. The van der Waals surface area contributed by atoms with Gasteiger partial charge in [0.15, 0.2) is 6.61 Å². The largest absolute Gasteiger partial charge is 0.481 e. The number of likely N-dealkylation sites (N-methyl/N-ethyl adjacent to an activating group) is 1. The molecule has 142 valence electrons. The molecule has 1 fully saturated rings. The Bertz CT molecular complexity index is 644. The molecule has 1 aromatic carbocycles. The number of anilines is 2. The van der Waals surface area contributed by atoms with Gasteiger partial charge in [0.1, 0.15) is 5.75 Å². The van der Waals surface area contributed by atoms with Crippen molar-refractivity contribution in [2.75, 3.05) is 36.5 Å². The number of amides is 3. The molecular formula is C19H27N3O4. The molecule has 1 atom stereocenters. The van der Waals surface area contributed by atoms with Crippen LogP contribution in [0.2, 0.25) is 0 Å². The van der Waals surface area contributed by atoms with Gasteiger partial charge in [-0.15, -0.1) is 0 Å². The smallest absolute Gasteiger partial charge is 0.319 e. The normalized spacial score (nSPS) is 19.0. The van der Waals surface area contributed by atoms with Crippen molar-refractivity contribution in [1.82, 2.24) is 5.32 Å². The number of nitrogens with zero attached hydrogens (tertiary/aromatic N) is 1. The molecule has 2 heterocycles. The Balaban J connectivity index is 1.42. The molecule has 3 rings (SSSR count). The van der Waals surface area contributed by atoms with E-state index in [0.717, 1.165) is 38.0 Å². The maximum atomic E-state index is 12.0. The lowest BCUT2D eigenvalue weighted by atomic mass is 10.1. The van der Waals surface area contributed by atoms with E-state index in [9.17, 15) is 9.59 Å². The Morgan fingerprint density at radius 1 is 1.35 bits per heavy atom. The average molecular weight is 361 g/mol. The summed E-state index contributed by atoms with van der Waals surface area (Å²) in [7, 11) is 0. The second kappa shape index (κ2) is 8.89. The minimum absolute atomic E-state index is 0.0290. The zero-order chi connectivity index (χ0) is 18.4. The van der Waals surface area contributed by atoms with Crippen LogP contribution in [0.15, 0.2) is 18.2 Å². The zero-order valence-corrected chi connectivity index (χ0v) is 15.3. The van der Waals surface area contributed by atoms with Gasteiger partial charge in [-0.05, 0) is 51.2 Å². The van der Waals surface area contributed by atoms with Crippen LogP contribution in [0.1, 0.15) is 39.0 Å². The molecule has 26 heavy (non-hydrogen) atoms. The predicted molar refractivity (Wildman–Crippen MR) is 99.8 cm³/mol. The summed E-state index contributed by atoms with van der Waals surface area (Å²) < 4.78 is 11.1. The number of nitrogens with one attached hydrogen (secondary N) is 2. The van der Waals surface area contributed by atoms with E-state index in [1.165, 1.54) is 6.42 Å². The maximum Gasteiger partial charge on any atom is 0.319 e. The molecular weight excluding hydrogens is 334 g/mol. The van der Waals surface area contributed by atoms with Gasteiger partial charge in [0.2, 0.25) is 0 Å². The number of benzene rings is 1. The first-order chi connectivity index (χ1) is 12.7. The number of carbonyl (C=O) groups is 2. The van der Waals surface area contributed by atoms with Gasteiger partial charge in [-0.1, -0.05) is 0 Å². The quantitative estimate of drug-likeness (QED) is 0.732. The molecule has 2 aliphatic heterocycles. The number of carbonyl (C=O) groups excluding carboxylic acids is 2. The third-order valence-electron chi connectivity index (χ3n) is 4.74. The topological polar surface area (TPSA) is 79.9 Å². The summed E-state index contributed by atoms with van der Waals surface area (Å²) in [5.74, 6) is 0.558. The van der Waals surface area contributed by atoms with Crippen molar-refractivity contribution in [2.45, 2.75) is 45.1 Å². The van der Waals surface area contributed by atoms with Gasteiger partial charge >= 0.3 is 6.03 Å². The number of unbranched alkanes of at least 4 members (excludes halogenated alkanes) is 1. The molecule has 0 aliphatic carbocycles. The first-order valence-electron chi connectivity index (χ1n) is 9.41. The Labute approximate surface area is 154 Å². The number of hydrogen-bond donors (Lipinski definition) is 2. The van der Waals surface area contributed by atoms with E-state index < -0.39 is 0 Å². The standard InChI is InChI=1S/C19H27N3O4/c1-2-22-16-9-8-14(12-17(16)26-13-18(22)23)21-19(24)20-10-4-3-6-15-7-5-11-25-15/h8-9,12,15H,2-7,10-11,13H2,1H3,(H2,20,21,24)/t15-/m0/s1. The number of ether oxygens (including phenoxy) is 2. The van der Waals surface area contributed by atoms with E-state index in [4.69, 9.17) is 9.47 Å². The molecule has 0 aromatic heterocycles. The summed E-state index contributed by atoms with van der Waals surface area (Å²) in [6.07, 6.45) is 5.80. The van der Waals surface area contributed by atoms with Crippen molar-refractivity contribution in [1.29, 1.82) is 0 Å². The molecule has 2 N–H and O–H groups in total. The number of fused-ring (bicyclic) bond motifs is 1. The highest BCUT2D eigenvalue weighted by Crippen LogP contribution is 2.34. The highest BCUT2D eigenvalue weighted by molar-refractivity contribution is 5.98. The Kier molecular flexibility index (Phi) is 6.33. The molecule has 0 radical (unpaired) electrons. The number of hydrogen-bond acceptors (Lipinski definition) is 4. The van der Waals surface area contributed by atoms with E-state index in [1.54, 1.807) is 23.1 Å². The lowest BCUT2D eigenvalue weighted by molar-refractivity contribution is -0.121. The van der Waals surface area contributed by atoms with Crippen LogP contribution in [-0.4, -0.2) is 44.3 Å². The molecule has 7 nitrogen and oxygen atoms in total. The van der Waals surface area contributed by atoms with Gasteiger partial charge in [0.25, 0.3) is 5.91 Å². The van der Waals surface area contributed by atoms with Gasteiger partial charge in [0, 0.05) is 31.5 Å². The van der Waals surface area contributed by atoms with Crippen LogP contribution >= 0.6 is 0 Å². The molecule has 3 amide bonds. The predicted octanol–water partition coefficient (Wildman–Crippen LogP) is 2.90. The minimum atomic E-state index is -0.235. The van der Waals surface area contributed by atoms with Crippen molar-refractivity contribution < 1.29 is 19.1 Å². The minimum Gasteiger partial charge on any atom is -0.481 e. The SMILES string of the molecule is CCN1C(=O)COc2cc(NC(=O)NCCCC[C@H]3CCCO3)ccc21. The lowest BCUT2D eigenvalue weighted by Gasteiger charge is -2.28. The third-order valence-corrected chi connectivity index (χ3v) is 4.74. The van der Waals surface area contributed by atoms with Crippen LogP contribution in [0.5, 0.6) is 5.75 Å². The van der Waals surface area contributed by atoms with Crippen LogP contribution < -0.4 is 20.3 Å². The van der Waals surface area contributed by atoms with Crippen molar-refractivity contribution >= 4 is 23.3 Å². The fraction of sp³-hybridized carbons (Fsp3) is 0.579. The summed E-state index contributed by atoms with van der Waals surface area (Å²) in [5.41, 5.74) is 1.38. The van der Waals surface area contributed by atoms with E-state index in [1.807, 2.05) is 6.92 Å². The van der Waals surface area contributed by atoms with Gasteiger partial charge in [0.05, 0.1) is 11.8 Å². The maximum absolute atomic E-state index is 12.0. The van der Waals surface area contributed by atoms with E-state index in [-0.39, 0.29) is 18.5 Å². The van der Waals surface area contributed by atoms with E-state index >= 15 is 0 Å². The fourth-order valence-electron chi connectivity index (χ4n) is 3.38. The van der Waals surface area contributed by atoms with Crippen LogP contribution in [0.4, 0.5) is 16.2 Å². The Morgan fingerprint density at radius 3 is 3.00 bits per heavy atom. The van der Waals surface area contributed by atoms with Gasteiger partial charge in [-0.3, -0.25) is 4.79 Å². The van der Waals surface area contributed by atoms with Crippen LogP contribution in [-0.2, 0) is 9.53 Å². The van der Waals surface area contributed by atoms with Crippen molar-refractivity contribution in [2.24, 2.45) is 0 Å². The fourth-order valence-corrected chi connectivity index (χ4v) is 3.38. The molecule has 0 spiro atoms. The van der Waals surface area contributed by atoms with Gasteiger partial charge < -0.3 is 25.0 Å². The second-order valence-corrected chi connectivity index (χ2v) is 6.62. The third kappa shape index (κ3) is 4.66. The Morgan fingerprint density at radius 2 is 2.23 bits per heavy atom. The second-order valence-electron chi connectivity index (χ2n) is 6.62. The van der Waals surface area contributed by atoms with Crippen LogP contribution in [0, 0.1) is 0 Å². The molecule has 0 saturated carbocycles. The average Bonchev–Trinajstić information content (AvgIpc) is 3.15. The summed E-state index contributed by atoms with van der Waals surface area (Å²) in [6, 6.07) is 5.09. The summed E-state index contributed by atoms with van der Waals surface area (Å²) in [4.78, 5) is 25.5. The van der Waals surface area contributed by atoms with Crippen LogP contribution in [0.25, 0.3) is 0 Å². The van der Waals surface area contributed by atoms with Crippen molar-refractivity contribution in [3.8, 4) is 5.75 Å². The number of urea groups is 1. The first-order valence-corrected chi connectivity index (χ1v) is 9.41. The van der Waals surface area contributed by atoms with Crippen LogP contribution in [0.3, 0.4) is 0 Å². The molecule has 0 unspecified atom stereocenters. The summed E-state index contributed by atoms with van der Waals surface area (Å²) in [6.45, 7) is 4.07. The zero-order valence-electron chi connectivity index (χ0n) is 15.3. The monoisotopic (exact) mass is 361 g/mol. The van der Waals surface area contributed by atoms with Gasteiger partial charge in [-0.2, -0.15) is 0 Å².